The van der Waals surface area contributed by atoms with Gasteiger partial charge in [0.05, 0.1) is 18.0 Å². The lowest BCUT2D eigenvalue weighted by Crippen LogP contribution is -2.22. The number of rotatable bonds is 6. The Morgan fingerprint density at radius 3 is 2.52 bits per heavy atom. The molecule has 1 atom stereocenters. The monoisotopic (exact) mass is 383 g/mol. The van der Waals surface area contributed by atoms with Gasteiger partial charge in [-0.3, -0.25) is 4.79 Å². The second-order valence-corrected chi connectivity index (χ2v) is 7.48. The molecule has 0 saturated carbocycles. The average Bonchev–Trinajstić information content (AvgIpc) is 3.11. The maximum absolute atomic E-state index is 12.5. The Labute approximate surface area is 162 Å². The van der Waals surface area contributed by atoms with E-state index in [1.807, 2.05) is 56.3 Å². The number of nitrogens with zero attached hydrogens (tertiary/aromatic N) is 2. The van der Waals surface area contributed by atoms with Gasteiger partial charge >= 0.3 is 0 Å². The lowest BCUT2D eigenvalue weighted by Gasteiger charge is -2.13. The molecule has 0 spiro atoms. The Kier molecular flexibility index (Phi) is 5.81. The molecule has 1 N–H and O–H groups in total. The molecule has 0 aliphatic carbocycles. The van der Waals surface area contributed by atoms with Gasteiger partial charge in [-0.1, -0.05) is 35.5 Å². The van der Waals surface area contributed by atoms with Crippen LogP contribution in [0.3, 0.4) is 0 Å². The van der Waals surface area contributed by atoms with Crippen molar-refractivity contribution in [3.63, 3.8) is 0 Å². The van der Waals surface area contributed by atoms with Crippen LogP contribution in [0.2, 0.25) is 0 Å². The molecule has 7 heteroatoms. The number of hydrogen-bond donors (Lipinski definition) is 1. The molecule has 1 unspecified atom stereocenters. The van der Waals surface area contributed by atoms with E-state index in [4.69, 9.17) is 9.15 Å². The molecule has 0 fully saturated rings. The van der Waals surface area contributed by atoms with Crippen LogP contribution in [0.5, 0.6) is 5.75 Å². The smallest absolute Gasteiger partial charge is 0.277 e. The van der Waals surface area contributed by atoms with Crippen molar-refractivity contribution in [1.29, 1.82) is 0 Å². The van der Waals surface area contributed by atoms with Crippen molar-refractivity contribution in [2.75, 3.05) is 12.4 Å². The van der Waals surface area contributed by atoms with E-state index in [9.17, 15) is 4.79 Å². The second-order valence-electron chi connectivity index (χ2n) is 6.19. The zero-order valence-corrected chi connectivity index (χ0v) is 16.5. The van der Waals surface area contributed by atoms with Crippen molar-refractivity contribution < 1.29 is 13.9 Å². The number of nitrogens with one attached hydrogen (secondary N) is 1. The van der Waals surface area contributed by atoms with Gasteiger partial charge in [-0.2, -0.15) is 0 Å². The molecule has 3 rings (SSSR count). The molecular weight excluding hydrogens is 362 g/mol. The predicted molar refractivity (Wildman–Crippen MR) is 106 cm³/mol. The third-order valence-electron chi connectivity index (χ3n) is 3.96. The van der Waals surface area contributed by atoms with E-state index in [2.05, 4.69) is 15.5 Å². The van der Waals surface area contributed by atoms with E-state index in [1.54, 1.807) is 14.0 Å². The van der Waals surface area contributed by atoms with Gasteiger partial charge in [0, 0.05) is 5.56 Å². The molecule has 0 saturated heterocycles. The van der Waals surface area contributed by atoms with Crippen LogP contribution >= 0.6 is 11.8 Å². The van der Waals surface area contributed by atoms with Crippen molar-refractivity contribution in [2.45, 2.75) is 31.2 Å². The normalized spacial score (nSPS) is 11.9. The summed E-state index contributed by atoms with van der Waals surface area (Å²) in [5.74, 6) is 0.884. The van der Waals surface area contributed by atoms with Crippen LogP contribution in [0.1, 0.15) is 18.1 Å². The lowest BCUT2D eigenvalue weighted by atomic mass is 10.1. The van der Waals surface area contributed by atoms with Crippen LogP contribution < -0.4 is 10.1 Å². The zero-order valence-electron chi connectivity index (χ0n) is 15.6. The maximum atomic E-state index is 12.5. The number of methoxy groups -OCH3 is 1. The van der Waals surface area contributed by atoms with Gasteiger partial charge < -0.3 is 14.5 Å². The summed E-state index contributed by atoms with van der Waals surface area (Å²) >= 11 is 1.21. The summed E-state index contributed by atoms with van der Waals surface area (Å²) < 4.78 is 11.0. The summed E-state index contributed by atoms with van der Waals surface area (Å²) in [4.78, 5) is 12.5. The molecule has 0 bridgehead atoms. The van der Waals surface area contributed by atoms with Crippen molar-refractivity contribution in [3.8, 4) is 17.2 Å². The van der Waals surface area contributed by atoms with Crippen LogP contribution in [-0.4, -0.2) is 28.5 Å². The number of benzene rings is 2. The number of ether oxygens (including phenoxy) is 1. The minimum absolute atomic E-state index is 0.168. The quantitative estimate of drug-likeness (QED) is 0.632. The highest BCUT2D eigenvalue weighted by Crippen LogP contribution is 2.29. The van der Waals surface area contributed by atoms with E-state index in [0.717, 1.165) is 16.7 Å². The van der Waals surface area contributed by atoms with Gasteiger partial charge in [0.15, 0.2) is 0 Å². The molecular formula is C20H21N3O3S. The highest BCUT2D eigenvalue weighted by atomic mass is 32.2. The number of carbonyl (C=O) groups is 1. The van der Waals surface area contributed by atoms with E-state index in [0.29, 0.717) is 22.6 Å². The number of amides is 1. The predicted octanol–water partition coefficient (Wildman–Crippen LogP) is 4.48. The molecule has 6 nitrogen and oxygen atoms in total. The SMILES string of the molecule is COc1ccc(C)cc1NC(=O)C(C)Sc1nnc(-c2ccc(C)cc2)o1. The highest BCUT2D eigenvalue weighted by molar-refractivity contribution is 8.00. The first-order valence-electron chi connectivity index (χ1n) is 8.49. The third-order valence-corrected chi connectivity index (χ3v) is 4.90. The van der Waals surface area contributed by atoms with Crippen LogP contribution in [0.4, 0.5) is 5.69 Å². The van der Waals surface area contributed by atoms with Crippen molar-refractivity contribution in [2.24, 2.45) is 0 Å². The molecule has 2 aromatic carbocycles. The first-order valence-corrected chi connectivity index (χ1v) is 9.37. The molecule has 27 heavy (non-hydrogen) atoms. The molecule has 0 aliphatic rings. The van der Waals surface area contributed by atoms with Crippen molar-refractivity contribution in [1.82, 2.24) is 10.2 Å². The number of carbonyl (C=O) groups excluding carboxylic acids is 1. The molecule has 3 aromatic rings. The molecule has 1 amide bonds. The Morgan fingerprint density at radius 2 is 1.81 bits per heavy atom. The van der Waals surface area contributed by atoms with Gasteiger partial charge in [-0.25, -0.2) is 0 Å². The topological polar surface area (TPSA) is 77.2 Å². The number of hydrogen-bond acceptors (Lipinski definition) is 6. The van der Waals surface area contributed by atoms with E-state index in [-0.39, 0.29) is 5.91 Å². The largest absolute Gasteiger partial charge is 0.495 e. The first kappa shape index (κ1) is 19.0. The standard InChI is InChI=1S/C20H21N3O3S/c1-12-5-8-15(9-6-12)19-22-23-20(26-19)27-14(3)18(24)21-16-11-13(2)7-10-17(16)25-4/h5-11,14H,1-4H3,(H,21,24). The van der Waals surface area contributed by atoms with Crippen LogP contribution in [0.25, 0.3) is 11.5 Å². The summed E-state index contributed by atoms with van der Waals surface area (Å²) in [5, 5.41) is 10.9. The van der Waals surface area contributed by atoms with Gasteiger partial charge in [0.1, 0.15) is 5.75 Å². The average molecular weight is 383 g/mol. The Hall–Kier alpha value is -2.80. The third kappa shape index (κ3) is 4.68. The van der Waals surface area contributed by atoms with Crippen molar-refractivity contribution in [3.05, 3.63) is 53.6 Å². The molecule has 0 aliphatic heterocycles. The van der Waals surface area contributed by atoms with E-state index < -0.39 is 5.25 Å². The maximum Gasteiger partial charge on any atom is 0.277 e. The Morgan fingerprint density at radius 1 is 1.11 bits per heavy atom. The number of aromatic nitrogens is 2. The molecule has 1 heterocycles. The minimum atomic E-state index is -0.415. The fraction of sp³-hybridized carbons (Fsp3) is 0.250. The van der Waals surface area contributed by atoms with Crippen LogP contribution in [-0.2, 0) is 4.79 Å². The molecule has 1 aromatic heterocycles. The number of thioether (sulfide) groups is 1. The fourth-order valence-corrected chi connectivity index (χ4v) is 3.11. The highest BCUT2D eigenvalue weighted by Gasteiger charge is 2.20. The molecule has 140 valence electrons. The summed E-state index contributed by atoms with van der Waals surface area (Å²) in [7, 11) is 1.57. The fourth-order valence-electron chi connectivity index (χ4n) is 2.43. The number of aryl methyl sites for hydroxylation is 2. The summed E-state index contributed by atoms with van der Waals surface area (Å²) in [5.41, 5.74) is 3.68. The first-order chi connectivity index (χ1) is 13.0. The van der Waals surface area contributed by atoms with E-state index >= 15 is 0 Å². The van der Waals surface area contributed by atoms with Gasteiger partial charge in [0.25, 0.3) is 5.22 Å². The van der Waals surface area contributed by atoms with Crippen molar-refractivity contribution >= 4 is 23.4 Å². The lowest BCUT2D eigenvalue weighted by molar-refractivity contribution is -0.115. The summed E-state index contributed by atoms with van der Waals surface area (Å²) in [6.45, 7) is 5.76. The van der Waals surface area contributed by atoms with Gasteiger partial charge in [0.2, 0.25) is 11.8 Å². The van der Waals surface area contributed by atoms with E-state index in [1.165, 1.54) is 11.8 Å². The zero-order chi connectivity index (χ0) is 19.4. The summed E-state index contributed by atoms with van der Waals surface area (Å²) in [6.07, 6.45) is 0. The van der Waals surface area contributed by atoms with Crippen LogP contribution in [0, 0.1) is 13.8 Å². The Bertz CT molecular complexity index is 938. The number of anilines is 1. The van der Waals surface area contributed by atoms with Crippen LogP contribution in [0.15, 0.2) is 52.1 Å². The second kappa shape index (κ2) is 8.26. The summed E-state index contributed by atoms with van der Waals surface area (Å²) in [6, 6.07) is 13.5. The molecule has 0 radical (unpaired) electrons. The van der Waals surface area contributed by atoms with Gasteiger partial charge in [-0.05, 0) is 50.6 Å². The van der Waals surface area contributed by atoms with Gasteiger partial charge in [-0.15, -0.1) is 10.2 Å². The minimum Gasteiger partial charge on any atom is -0.495 e. The Balaban J connectivity index is 1.67.